The fourth-order valence-electron chi connectivity index (χ4n) is 3.05. The zero-order valence-electron chi connectivity index (χ0n) is 12.0. The molecule has 0 N–H and O–H groups in total. The summed E-state index contributed by atoms with van der Waals surface area (Å²) in [5.41, 5.74) is 2.08. The van der Waals surface area contributed by atoms with Crippen LogP contribution in [0.1, 0.15) is 24.1 Å². The molecule has 0 aliphatic carbocycles. The number of pyridine rings is 1. The maximum absolute atomic E-state index is 12.6. The van der Waals surface area contributed by atoms with Crippen molar-refractivity contribution in [2.75, 3.05) is 19.3 Å². The third-order valence-corrected chi connectivity index (χ3v) is 5.57. The third-order valence-electron chi connectivity index (χ3n) is 4.27. The lowest BCUT2D eigenvalue weighted by atomic mass is 9.96. The normalized spacial score (nSPS) is 20.5. The number of carbonyl (C=O) groups is 1. The second kappa shape index (κ2) is 5.38. The molecule has 0 bridgehead atoms. The Hall–Kier alpha value is -1.47. The van der Waals surface area contributed by atoms with Crippen LogP contribution in [0.2, 0.25) is 0 Å². The molecule has 1 fully saturated rings. The number of nitrogens with zero attached hydrogens (tertiary/aromatic N) is 3. The Morgan fingerprint density at radius 2 is 2.00 bits per heavy atom. The van der Waals surface area contributed by atoms with Crippen LogP contribution in [0.3, 0.4) is 0 Å². The van der Waals surface area contributed by atoms with Gasteiger partial charge in [-0.15, -0.1) is 0 Å². The minimum atomic E-state index is -3.14. The highest BCUT2D eigenvalue weighted by atomic mass is 32.2. The van der Waals surface area contributed by atoms with E-state index in [2.05, 4.69) is 4.98 Å². The fraction of sp³-hybridized carbons (Fsp3) is 0.571. The van der Waals surface area contributed by atoms with Crippen molar-refractivity contribution in [3.63, 3.8) is 0 Å². The molecule has 2 aliphatic rings. The summed E-state index contributed by atoms with van der Waals surface area (Å²) in [7, 11) is -3.14. The van der Waals surface area contributed by atoms with E-state index >= 15 is 0 Å². The van der Waals surface area contributed by atoms with Crippen molar-refractivity contribution in [3.05, 3.63) is 29.6 Å². The van der Waals surface area contributed by atoms with Crippen molar-refractivity contribution in [2.24, 2.45) is 5.92 Å². The van der Waals surface area contributed by atoms with Gasteiger partial charge in [-0.2, -0.15) is 0 Å². The van der Waals surface area contributed by atoms with Crippen LogP contribution in [0.15, 0.2) is 18.3 Å². The molecule has 0 atom stereocenters. The molecular weight excluding hydrogens is 290 g/mol. The summed E-state index contributed by atoms with van der Waals surface area (Å²) < 4.78 is 24.4. The molecule has 3 rings (SSSR count). The predicted molar refractivity (Wildman–Crippen MR) is 77.6 cm³/mol. The summed E-state index contributed by atoms with van der Waals surface area (Å²) in [5, 5.41) is 0. The van der Waals surface area contributed by atoms with Gasteiger partial charge < -0.3 is 4.90 Å². The number of carbonyl (C=O) groups excluding carboxylic acids is 1. The average molecular weight is 309 g/mol. The molecule has 0 unspecified atom stereocenters. The topological polar surface area (TPSA) is 70.6 Å². The summed E-state index contributed by atoms with van der Waals surface area (Å²) in [6, 6.07) is 3.89. The molecule has 1 aromatic rings. The number of aromatic nitrogens is 1. The van der Waals surface area contributed by atoms with Crippen LogP contribution in [0, 0.1) is 5.92 Å². The Balaban J connectivity index is 1.61. The van der Waals surface area contributed by atoms with Gasteiger partial charge in [0.2, 0.25) is 15.9 Å². The summed E-state index contributed by atoms with van der Waals surface area (Å²) in [6.07, 6.45) is 4.17. The molecule has 6 nitrogen and oxygen atoms in total. The molecular formula is C14H19N3O3S. The zero-order chi connectivity index (χ0) is 15.0. The van der Waals surface area contributed by atoms with Gasteiger partial charge in [0, 0.05) is 31.7 Å². The predicted octanol–water partition coefficient (Wildman–Crippen LogP) is 0.595. The van der Waals surface area contributed by atoms with Crippen molar-refractivity contribution in [3.8, 4) is 0 Å². The minimum absolute atomic E-state index is 0.0719. The summed E-state index contributed by atoms with van der Waals surface area (Å²) in [5.74, 6) is 0.0541. The molecule has 0 spiro atoms. The zero-order valence-corrected chi connectivity index (χ0v) is 12.8. The first-order chi connectivity index (χ1) is 9.95. The number of sulfonamides is 1. The smallest absolute Gasteiger partial charge is 0.226 e. The van der Waals surface area contributed by atoms with Crippen LogP contribution >= 0.6 is 0 Å². The molecule has 21 heavy (non-hydrogen) atoms. The SMILES string of the molecule is CS(=O)(=O)N1CCC(C(=O)N2Cc3cccnc3C2)CC1. The highest BCUT2D eigenvalue weighted by molar-refractivity contribution is 7.88. The van der Waals surface area contributed by atoms with E-state index in [0.29, 0.717) is 39.0 Å². The fourth-order valence-corrected chi connectivity index (χ4v) is 3.92. The largest absolute Gasteiger partial charge is 0.332 e. The van der Waals surface area contributed by atoms with Gasteiger partial charge >= 0.3 is 0 Å². The Kier molecular flexibility index (Phi) is 3.71. The van der Waals surface area contributed by atoms with E-state index in [1.165, 1.54) is 10.6 Å². The molecule has 1 saturated heterocycles. The molecule has 0 aromatic carbocycles. The van der Waals surface area contributed by atoms with E-state index in [-0.39, 0.29) is 11.8 Å². The Morgan fingerprint density at radius 3 is 2.62 bits per heavy atom. The first-order valence-electron chi connectivity index (χ1n) is 7.12. The van der Waals surface area contributed by atoms with Gasteiger partial charge in [0.05, 0.1) is 18.5 Å². The number of rotatable bonds is 2. The van der Waals surface area contributed by atoms with E-state index in [9.17, 15) is 13.2 Å². The molecule has 1 aromatic heterocycles. The first-order valence-corrected chi connectivity index (χ1v) is 8.96. The van der Waals surface area contributed by atoms with Gasteiger partial charge in [0.15, 0.2) is 0 Å². The van der Waals surface area contributed by atoms with Crippen LogP contribution in [-0.2, 0) is 27.9 Å². The van der Waals surface area contributed by atoms with E-state index < -0.39 is 10.0 Å². The standard InChI is InChI=1S/C14H19N3O3S/c1-21(19,20)17-7-4-11(5-8-17)14(18)16-9-12-3-2-6-15-13(12)10-16/h2-3,6,11H,4-5,7-10H2,1H3. The summed E-state index contributed by atoms with van der Waals surface area (Å²) >= 11 is 0. The van der Waals surface area contributed by atoms with Gasteiger partial charge in [0.25, 0.3) is 0 Å². The number of hydrogen-bond donors (Lipinski definition) is 0. The number of hydrogen-bond acceptors (Lipinski definition) is 4. The van der Waals surface area contributed by atoms with Crippen LogP contribution in [0.25, 0.3) is 0 Å². The molecule has 0 radical (unpaired) electrons. The maximum Gasteiger partial charge on any atom is 0.226 e. The van der Waals surface area contributed by atoms with E-state index in [0.717, 1.165) is 11.3 Å². The average Bonchev–Trinajstić information content (AvgIpc) is 2.89. The quantitative estimate of drug-likeness (QED) is 0.802. The number of amides is 1. The second-order valence-electron chi connectivity index (χ2n) is 5.74. The molecule has 114 valence electrons. The molecule has 7 heteroatoms. The second-order valence-corrected chi connectivity index (χ2v) is 7.72. The van der Waals surface area contributed by atoms with E-state index in [1.54, 1.807) is 6.20 Å². The lowest BCUT2D eigenvalue weighted by Crippen LogP contribution is -2.42. The van der Waals surface area contributed by atoms with Gasteiger partial charge in [-0.1, -0.05) is 6.07 Å². The molecule has 0 saturated carbocycles. The Labute approximate surface area is 124 Å². The number of piperidine rings is 1. The van der Waals surface area contributed by atoms with Crippen molar-refractivity contribution >= 4 is 15.9 Å². The summed E-state index contributed by atoms with van der Waals surface area (Å²) in [6.45, 7) is 2.07. The van der Waals surface area contributed by atoms with Crippen LogP contribution in [-0.4, -0.2) is 47.9 Å². The van der Waals surface area contributed by atoms with Crippen LogP contribution in [0.5, 0.6) is 0 Å². The van der Waals surface area contributed by atoms with Gasteiger partial charge in [0.1, 0.15) is 0 Å². The maximum atomic E-state index is 12.6. The molecule has 1 amide bonds. The lowest BCUT2D eigenvalue weighted by molar-refractivity contribution is -0.137. The minimum Gasteiger partial charge on any atom is -0.332 e. The number of fused-ring (bicyclic) bond motifs is 1. The van der Waals surface area contributed by atoms with Crippen LogP contribution in [0.4, 0.5) is 0 Å². The van der Waals surface area contributed by atoms with Gasteiger partial charge in [-0.05, 0) is 24.5 Å². The van der Waals surface area contributed by atoms with Crippen molar-refractivity contribution < 1.29 is 13.2 Å². The first kappa shape index (κ1) is 14.5. The van der Waals surface area contributed by atoms with Crippen molar-refractivity contribution in [1.82, 2.24) is 14.2 Å². The highest BCUT2D eigenvalue weighted by Crippen LogP contribution is 2.26. The molecule has 2 aliphatic heterocycles. The van der Waals surface area contributed by atoms with Gasteiger partial charge in [-0.3, -0.25) is 9.78 Å². The monoisotopic (exact) mass is 309 g/mol. The highest BCUT2D eigenvalue weighted by Gasteiger charge is 2.33. The summed E-state index contributed by atoms with van der Waals surface area (Å²) in [4.78, 5) is 18.7. The van der Waals surface area contributed by atoms with Crippen LogP contribution < -0.4 is 0 Å². The Morgan fingerprint density at radius 1 is 1.29 bits per heavy atom. The lowest BCUT2D eigenvalue weighted by Gasteiger charge is -2.31. The van der Waals surface area contributed by atoms with E-state index in [1.807, 2.05) is 17.0 Å². The van der Waals surface area contributed by atoms with Gasteiger partial charge in [-0.25, -0.2) is 12.7 Å². The molecule has 3 heterocycles. The Bertz CT molecular complexity index is 626. The third kappa shape index (κ3) is 2.94. The van der Waals surface area contributed by atoms with Crippen molar-refractivity contribution in [2.45, 2.75) is 25.9 Å². The van der Waals surface area contributed by atoms with Crippen molar-refractivity contribution in [1.29, 1.82) is 0 Å². The van der Waals surface area contributed by atoms with E-state index in [4.69, 9.17) is 0 Å².